The molecule has 4 aromatic rings. The zero-order chi connectivity index (χ0) is 21.8. The summed E-state index contributed by atoms with van der Waals surface area (Å²) >= 11 is 6.97. The molecule has 3 aromatic carbocycles. The molecule has 1 amide bonds. The summed E-state index contributed by atoms with van der Waals surface area (Å²) in [6.45, 7) is 2.40. The Morgan fingerprint density at radius 1 is 1.06 bits per heavy atom. The summed E-state index contributed by atoms with van der Waals surface area (Å²) < 4.78 is 6.52. The van der Waals surface area contributed by atoms with Crippen LogP contribution in [-0.2, 0) is 6.54 Å². The van der Waals surface area contributed by atoms with Crippen LogP contribution in [0.5, 0.6) is 5.75 Å². The molecule has 1 heterocycles. The number of thiocarbonyl (C=S) groups is 1. The Morgan fingerprint density at radius 2 is 1.84 bits per heavy atom. The fourth-order valence-electron chi connectivity index (χ4n) is 3.26. The standard InChI is InChI=1S/C24H21N3O2S2/c1-15-6-5-7-18(21(15)29-2)22(28)27-24(30)25-14-16-10-12-17(13-11-16)23-26-19-8-3-4-9-20(19)31-23/h3-13H,14H2,1-2H3,(H2,25,27,28,30). The Balaban J connectivity index is 1.36. The van der Waals surface area contributed by atoms with E-state index in [1.54, 1.807) is 24.5 Å². The number of para-hydroxylation sites is 2. The van der Waals surface area contributed by atoms with Crippen LogP contribution in [0.4, 0.5) is 0 Å². The zero-order valence-corrected chi connectivity index (χ0v) is 18.8. The van der Waals surface area contributed by atoms with Crippen molar-refractivity contribution in [1.29, 1.82) is 0 Å². The molecule has 7 heteroatoms. The summed E-state index contributed by atoms with van der Waals surface area (Å²) in [5.74, 6) is 0.248. The third kappa shape index (κ3) is 4.73. The number of amides is 1. The van der Waals surface area contributed by atoms with E-state index in [1.807, 2.05) is 61.5 Å². The molecule has 0 saturated carbocycles. The Labute approximate surface area is 190 Å². The van der Waals surface area contributed by atoms with E-state index in [9.17, 15) is 4.79 Å². The number of hydrogen-bond acceptors (Lipinski definition) is 5. The summed E-state index contributed by atoms with van der Waals surface area (Å²) in [6.07, 6.45) is 0. The predicted octanol–water partition coefficient (Wildman–Crippen LogP) is 5.08. The zero-order valence-electron chi connectivity index (χ0n) is 17.1. The van der Waals surface area contributed by atoms with Gasteiger partial charge in [0.1, 0.15) is 10.8 Å². The fourth-order valence-corrected chi connectivity index (χ4v) is 4.40. The largest absolute Gasteiger partial charge is 0.496 e. The first kappa shape index (κ1) is 21.0. The lowest BCUT2D eigenvalue weighted by Gasteiger charge is -2.13. The molecule has 0 bridgehead atoms. The van der Waals surface area contributed by atoms with Crippen LogP contribution in [0.1, 0.15) is 21.5 Å². The number of rotatable bonds is 5. The molecule has 0 atom stereocenters. The highest BCUT2D eigenvalue weighted by Gasteiger charge is 2.15. The van der Waals surface area contributed by atoms with Crippen LogP contribution in [0.15, 0.2) is 66.7 Å². The van der Waals surface area contributed by atoms with Crippen LogP contribution in [0.2, 0.25) is 0 Å². The maximum absolute atomic E-state index is 12.5. The lowest BCUT2D eigenvalue weighted by molar-refractivity contribution is 0.0973. The van der Waals surface area contributed by atoms with Crippen molar-refractivity contribution >= 4 is 44.8 Å². The molecule has 0 saturated heterocycles. The van der Waals surface area contributed by atoms with Crippen molar-refractivity contribution in [2.24, 2.45) is 0 Å². The Hall–Kier alpha value is -3.29. The highest BCUT2D eigenvalue weighted by Crippen LogP contribution is 2.30. The lowest BCUT2D eigenvalue weighted by Crippen LogP contribution is -2.39. The van der Waals surface area contributed by atoms with Crippen LogP contribution in [0.25, 0.3) is 20.8 Å². The van der Waals surface area contributed by atoms with Crippen LogP contribution in [-0.4, -0.2) is 23.1 Å². The third-order valence-electron chi connectivity index (χ3n) is 4.84. The average molecular weight is 448 g/mol. The van der Waals surface area contributed by atoms with Gasteiger partial charge >= 0.3 is 0 Å². The second-order valence-electron chi connectivity index (χ2n) is 6.98. The van der Waals surface area contributed by atoms with Crippen molar-refractivity contribution in [3.63, 3.8) is 0 Å². The van der Waals surface area contributed by atoms with E-state index in [0.717, 1.165) is 27.2 Å². The number of carbonyl (C=O) groups is 1. The monoisotopic (exact) mass is 447 g/mol. The van der Waals surface area contributed by atoms with E-state index in [2.05, 4.69) is 16.7 Å². The van der Waals surface area contributed by atoms with Crippen molar-refractivity contribution in [3.05, 3.63) is 83.4 Å². The van der Waals surface area contributed by atoms with Gasteiger partial charge in [0.15, 0.2) is 5.11 Å². The van der Waals surface area contributed by atoms with E-state index >= 15 is 0 Å². The lowest BCUT2D eigenvalue weighted by atomic mass is 10.1. The van der Waals surface area contributed by atoms with Crippen molar-refractivity contribution in [2.45, 2.75) is 13.5 Å². The molecule has 0 fully saturated rings. The quantitative estimate of drug-likeness (QED) is 0.418. The first-order valence-electron chi connectivity index (χ1n) is 9.73. The summed E-state index contributed by atoms with van der Waals surface area (Å²) in [7, 11) is 1.55. The summed E-state index contributed by atoms with van der Waals surface area (Å²) in [4.78, 5) is 17.2. The average Bonchev–Trinajstić information content (AvgIpc) is 3.22. The Bertz CT molecular complexity index is 1220. The SMILES string of the molecule is COc1c(C)cccc1C(=O)NC(=S)NCc1ccc(-c2nc3ccccc3s2)cc1. The van der Waals surface area contributed by atoms with Crippen LogP contribution in [0, 0.1) is 6.92 Å². The molecule has 0 spiro atoms. The number of nitrogens with zero attached hydrogens (tertiary/aromatic N) is 1. The van der Waals surface area contributed by atoms with Gasteiger partial charge in [0.05, 0.1) is 22.9 Å². The first-order valence-corrected chi connectivity index (χ1v) is 11.0. The minimum Gasteiger partial charge on any atom is -0.496 e. The molecule has 5 nitrogen and oxygen atoms in total. The van der Waals surface area contributed by atoms with E-state index in [-0.39, 0.29) is 11.0 Å². The molecule has 2 N–H and O–H groups in total. The van der Waals surface area contributed by atoms with Gasteiger partial charge in [-0.1, -0.05) is 48.5 Å². The van der Waals surface area contributed by atoms with Crippen LogP contribution < -0.4 is 15.4 Å². The molecular weight excluding hydrogens is 426 g/mol. The molecule has 31 heavy (non-hydrogen) atoms. The summed E-state index contributed by atoms with van der Waals surface area (Å²) in [6, 6.07) is 21.7. The number of ether oxygens (including phenoxy) is 1. The van der Waals surface area contributed by atoms with Crippen molar-refractivity contribution in [2.75, 3.05) is 7.11 Å². The van der Waals surface area contributed by atoms with Gasteiger partial charge in [0.2, 0.25) is 0 Å². The van der Waals surface area contributed by atoms with E-state index < -0.39 is 0 Å². The second-order valence-corrected chi connectivity index (χ2v) is 8.42. The molecule has 1 aromatic heterocycles. The fraction of sp³-hybridized carbons (Fsp3) is 0.125. The maximum Gasteiger partial charge on any atom is 0.261 e. The number of benzene rings is 3. The van der Waals surface area contributed by atoms with Crippen molar-refractivity contribution in [1.82, 2.24) is 15.6 Å². The highest BCUT2D eigenvalue weighted by atomic mass is 32.1. The van der Waals surface area contributed by atoms with Gasteiger partial charge < -0.3 is 10.1 Å². The van der Waals surface area contributed by atoms with Crippen molar-refractivity contribution in [3.8, 4) is 16.3 Å². The molecular formula is C24H21N3O2S2. The molecule has 0 radical (unpaired) electrons. The topological polar surface area (TPSA) is 63.2 Å². The Kier molecular flexibility index (Phi) is 6.25. The smallest absolute Gasteiger partial charge is 0.261 e. The number of aromatic nitrogens is 1. The minimum atomic E-state index is -0.302. The van der Waals surface area contributed by atoms with Crippen LogP contribution in [0.3, 0.4) is 0 Å². The molecule has 156 valence electrons. The normalized spacial score (nSPS) is 10.6. The van der Waals surface area contributed by atoms with E-state index in [0.29, 0.717) is 17.9 Å². The number of thiazole rings is 1. The van der Waals surface area contributed by atoms with Gasteiger partial charge in [-0.25, -0.2) is 4.98 Å². The summed E-state index contributed by atoms with van der Waals surface area (Å²) in [5.41, 5.74) is 4.48. The maximum atomic E-state index is 12.5. The number of hydrogen-bond donors (Lipinski definition) is 2. The van der Waals surface area contributed by atoms with E-state index in [1.165, 1.54) is 4.70 Å². The predicted molar refractivity (Wildman–Crippen MR) is 130 cm³/mol. The highest BCUT2D eigenvalue weighted by molar-refractivity contribution is 7.80. The minimum absolute atomic E-state index is 0.267. The number of fused-ring (bicyclic) bond motifs is 1. The number of methoxy groups -OCH3 is 1. The van der Waals surface area contributed by atoms with Gasteiger partial charge in [-0.2, -0.15) is 0 Å². The summed E-state index contributed by atoms with van der Waals surface area (Å²) in [5, 5.41) is 7.06. The number of aryl methyl sites for hydroxylation is 1. The van der Waals surface area contributed by atoms with Gasteiger partial charge in [0.25, 0.3) is 5.91 Å². The molecule has 0 aliphatic heterocycles. The van der Waals surface area contributed by atoms with Gasteiger partial charge in [-0.15, -0.1) is 11.3 Å². The molecule has 0 unspecified atom stereocenters. The third-order valence-corrected chi connectivity index (χ3v) is 6.17. The van der Waals surface area contributed by atoms with E-state index in [4.69, 9.17) is 21.9 Å². The molecule has 0 aliphatic carbocycles. The van der Waals surface area contributed by atoms with Gasteiger partial charge in [0, 0.05) is 12.1 Å². The molecule has 0 aliphatic rings. The van der Waals surface area contributed by atoms with Crippen LogP contribution >= 0.6 is 23.6 Å². The first-order chi connectivity index (χ1) is 15.0. The number of nitrogens with one attached hydrogen (secondary N) is 2. The molecule has 4 rings (SSSR count). The number of carbonyl (C=O) groups excluding carboxylic acids is 1. The van der Waals surface area contributed by atoms with Gasteiger partial charge in [-0.05, 0) is 48.5 Å². The van der Waals surface area contributed by atoms with Crippen molar-refractivity contribution < 1.29 is 9.53 Å². The Morgan fingerprint density at radius 3 is 2.58 bits per heavy atom. The van der Waals surface area contributed by atoms with Gasteiger partial charge in [-0.3, -0.25) is 10.1 Å². The second kappa shape index (κ2) is 9.24.